The first-order chi connectivity index (χ1) is 21.1. The highest BCUT2D eigenvalue weighted by atomic mass is 35.5. The molecule has 0 fully saturated rings. The number of rotatable bonds is 4. The number of benzene rings is 3. The van der Waals surface area contributed by atoms with Gasteiger partial charge in [0.25, 0.3) is 5.91 Å². The van der Waals surface area contributed by atoms with Crippen molar-refractivity contribution in [1.82, 2.24) is 15.6 Å². The fourth-order valence-electron chi connectivity index (χ4n) is 3.57. The van der Waals surface area contributed by atoms with E-state index in [1.807, 2.05) is 5.32 Å². The van der Waals surface area contributed by atoms with E-state index in [0.717, 1.165) is 24.3 Å². The monoisotopic (exact) mass is 671 g/mol. The second kappa shape index (κ2) is 13.3. The summed E-state index contributed by atoms with van der Waals surface area (Å²) in [5, 5.41) is 11.5. The van der Waals surface area contributed by atoms with Crippen molar-refractivity contribution in [1.29, 1.82) is 0 Å². The number of anilines is 2. The summed E-state index contributed by atoms with van der Waals surface area (Å²) in [6.45, 7) is 0. The molecule has 0 spiro atoms. The van der Waals surface area contributed by atoms with E-state index in [9.17, 15) is 35.9 Å². The third kappa shape index (κ3) is 8.55. The first-order valence-corrected chi connectivity index (χ1v) is 13.0. The fraction of sp³-hybridized carbons (Fsp3) is 0.0714. The SMILES string of the molecule is Nc1cc(-c2ccc(C(F)(F)F)cc2)on1.O=C(NC(=O)c1c(Cl)cccc1Cl)Nc1cc(-c2ccc(C(F)(F)F)cc2)on1. The van der Waals surface area contributed by atoms with Crippen molar-refractivity contribution >= 4 is 46.8 Å². The molecule has 234 valence electrons. The highest BCUT2D eigenvalue weighted by Crippen LogP contribution is 2.32. The number of hydrogen-bond acceptors (Lipinski definition) is 7. The molecule has 5 rings (SSSR count). The number of nitrogens with two attached hydrogens (primary N) is 1. The van der Waals surface area contributed by atoms with Crippen molar-refractivity contribution in [2.45, 2.75) is 12.4 Å². The van der Waals surface area contributed by atoms with Crippen molar-refractivity contribution in [2.24, 2.45) is 0 Å². The molecule has 2 aromatic heterocycles. The van der Waals surface area contributed by atoms with E-state index in [2.05, 4.69) is 15.6 Å². The summed E-state index contributed by atoms with van der Waals surface area (Å²) in [6, 6.07) is 15.0. The van der Waals surface area contributed by atoms with E-state index in [0.29, 0.717) is 16.9 Å². The summed E-state index contributed by atoms with van der Waals surface area (Å²) in [4.78, 5) is 24.1. The second-order valence-electron chi connectivity index (χ2n) is 8.85. The molecule has 0 radical (unpaired) electrons. The van der Waals surface area contributed by atoms with E-state index in [4.69, 9.17) is 38.0 Å². The van der Waals surface area contributed by atoms with Crippen LogP contribution >= 0.6 is 23.2 Å². The van der Waals surface area contributed by atoms with Crippen molar-refractivity contribution < 1.29 is 45.0 Å². The molecule has 0 aliphatic heterocycles. The quantitative estimate of drug-likeness (QED) is 0.163. The van der Waals surface area contributed by atoms with Gasteiger partial charge in [-0.2, -0.15) is 26.3 Å². The molecule has 0 unspecified atom stereocenters. The van der Waals surface area contributed by atoms with Gasteiger partial charge in [0, 0.05) is 23.3 Å². The summed E-state index contributed by atoms with van der Waals surface area (Å²) in [7, 11) is 0. The molecule has 2 heterocycles. The van der Waals surface area contributed by atoms with Crippen LogP contribution in [-0.4, -0.2) is 22.3 Å². The van der Waals surface area contributed by atoms with E-state index in [1.54, 1.807) is 6.07 Å². The highest BCUT2D eigenvalue weighted by Gasteiger charge is 2.31. The van der Waals surface area contributed by atoms with Crippen molar-refractivity contribution in [2.75, 3.05) is 11.1 Å². The summed E-state index contributed by atoms with van der Waals surface area (Å²) in [6.07, 6.45) is -8.79. The molecule has 0 bridgehead atoms. The first kappa shape index (κ1) is 32.9. The molecular weight excluding hydrogens is 655 g/mol. The summed E-state index contributed by atoms with van der Waals surface area (Å²) >= 11 is 11.8. The van der Waals surface area contributed by atoms with Gasteiger partial charge >= 0.3 is 18.4 Å². The topological polar surface area (TPSA) is 136 Å². The Hall–Kier alpha value is -5.02. The molecule has 0 aliphatic rings. The van der Waals surface area contributed by atoms with Gasteiger partial charge in [-0.25, -0.2) is 4.79 Å². The molecule has 9 nitrogen and oxygen atoms in total. The van der Waals surface area contributed by atoms with Gasteiger partial charge in [-0.05, 0) is 36.4 Å². The Morgan fingerprint density at radius 2 is 1.18 bits per heavy atom. The van der Waals surface area contributed by atoms with E-state index in [-0.39, 0.29) is 33.0 Å². The molecule has 4 N–H and O–H groups in total. The van der Waals surface area contributed by atoms with Gasteiger partial charge in [0.1, 0.15) is 0 Å². The summed E-state index contributed by atoms with van der Waals surface area (Å²) < 4.78 is 84.5. The average Bonchev–Trinajstić information content (AvgIpc) is 3.61. The summed E-state index contributed by atoms with van der Waals surface area (Å²) in [5.74, 6) is -0.240. The maximum Gasteiger partial charge on any atom is 0.416 e. The number of carbonyl (C=O) groups excluding carboxylic acids is 2. The Morgan fingerprint density at radius 3 is 1.62 bits per heavy atom. The van der Waals surface area contributed by atoms with Crippen LogP contribution in [0.15, 0.2) is 87.9 Å². The number of halogens is 8. The average molecular weight is 672 g/mol. The number of aromatic nitrogens is 2. The first-order valence-electron chi connectivity index (χ1n) is 12.2. The van der Waals surface area contributed by atoms with E-state index in [1.165, 1.54) is 48.5 Å². The zero-order valence-electron chi connectivity index (χ0n) is 22.1. The number of hydrogen-bond donors (Lipinski definition) is 3. The Labute approximate surface area is 258 Å². The third-order valence-electron chi connectivity index (χ3n) is 5.69. The highest BCUT2D eigenvalue weighted by molar-refractivity contribution is 6.40. The predicted molar refractivity (Wildman–Crippen MR) is 151 cm³/mol. The fourth-order valence-corrected chi connectivity index (χ4v) is 4.14. The summed E-state index contributed by atoms with van der Waals surface area (Å²) in [5.41, 5.74) is 4.56. The molecule has 3 amide bonds. The van der Waals surface area contributed by atoms with Gasteiger partial charge < -0.3 is 14.8 Å². The minimum Gasteiger partial charge on any atom is -0.381 e. The van der Waals surface area contributed by atoms with E-state index >= 15 is 0 Å². The number of urea groups is 1. The number of amides is 3. The number of alkyl halides is 6. The van der Waals surface area contributed by atoms with Crippen LogP contribution in [0.5, 0.6) is 0 Å². The molecule has 45 heavy (non-hydrogen) atoms. The molecule has 0 saturated heterocycles. The number of nitrogens with zero attached hydrogens (tertiary/aromatic N) is 2. The van der Waals surface area contributed by atoms with Crippen molar-refractivity contribution in [3.63, 3.8) is 0 Å². The van der Waals surface area contributed by atoms with Crippen molar-refractivity contribution in [3.05, 3.63) is 106 Å². The van der Waals surface area contributed by atoms with Crippen LogP contribution in [0.3, 0.4) is 0 Å². The normalized spacial score (nSPS) is 11.4. The third-order valence-corrected chi connectivity index (χ3v) is 6.32. The standard InChI is InChI=1S/C18H10Cl2F3N3O3.C10H7F3N2O/c19-11-2-1-3-12(20)15(11)16(27)25-17(28)24-14-8-13(29-26-14)9-4-6-10(7-5-9)18(21,22)23;11-10(12,13)7-3-1-6(2-4-7)8-5-9(14)15-16-8/h1-8H,(H2,24,25,26,27,28);1-5H,(H2,14,15). The lowest BCUT2D eigenvalue weighted by atomic mass is 10.1. The largest absolute Gasteiger partial charge is 0.416 e. The number of carbonyl (C=O) groups is 2. The lowest BCUT2D eigenvalue weighted by Crippen LogP contribution is -2.34. The predicted octanol–water partition coefficient (Wildman–Crippen LogP) is 8.57. The van der Waals surface area contributed by atoms with Crippen LogP contribution < -0.4 is 16.4 Å². The molecule has 17 heteroatoms. The molecule has 5 aromatic rings. The maximum atomic E-state index is 12.6. The smallest absolute Gasteiger partial charge is 0.381 e. The molecule has 0 saturated carbocycles. The number of nitrogens with one attached hydrogen (secondary N) is 2. The van der Waals surface area contributed by atoms with Gasteiger partial charge in [-0.3, -0.25) is 15.4 Å². The van der Waals surface area contributed by atoms with Gasteiger partial charge in [-0.1, -0.05) is 63.8 Å². The Morgan fingerprint density at radius 1 is 0.711 bits per heavy atom. The number of imide groups is 1. The second-order valence-corrected chi connectivity index (χ2v) is 9.66. The zero-order chi connectivity index (χ0) is 32.9. The van der Waals surface area contributed by atoms with Crippen molar-refractivity contribution in [3.8, 4) is 22.6 Å². The van der Waals surface area contributed by atoms with Gasteiger partial charge in [0.2, 0.25) is 0 Å². The van der Waals surface area contributed by atoms with E-state index < -0.39 is 35.4 Å². The molecule has 0 atom stereocenters. The van der Waals surface area contributed by atoms with Gasteiger partial charge in [-0.15, -0.1) is 0 Å². The lowest BCUT2D eigenvalue weighted by Gasteiger charge is -2.07. The van der Waals surface area contributed by atoms with Crippen LogP contribution in [0, 0.1) is 0 Å². The van der Waals surface area contributed by atoms with Crippen LogP contribution in [-0.2, 0) is 12.4 Å². The van der Waals surface area contributed by atoms with Gasteiger partial charge in [0.15, 0.2) is 23.2 Å². The minimum absolute atomic E-state index is 0.0598. The van der Waals surface area contributed by atoms with Crippen LogP contribution in [0.25, 0.3) is 22.6 Å². The lowest BCUT2D eigenvalue weighted by molar-refractivity contribution is -0.138. The molecule has 0 aliphatic carbocycles. The van der Waals surface area contributed by atoms with Crippen LogP contribution in [0.1, 0.15) is 21.5 Å². The Kier molecular flexibility index (Phi) is 9.73. The Balaban J connectivity index is 0.000000242. The van der Waals surface area contributed by atoms with Crippen LogP contribution in [0.2, 0.25) is 10.0 Å². The van der Waals surface area contributed by atoms with Gasteiger partial charge in [0.05, 0.1) is 26.7 Å². The minimum atomic E-state index is -4.46. The molecular formula is C28H17Cl2F6N5O4. The zero-order valence-corrected chi connectivity index (χ0v) is 23.6. The van der Waals surface area contributed by atoms with Crippen LogP contribution in [0.4, 0.5) is 42.8 Å². The maximum absolute atomic E-state index is 12.6. The Bertz CT molecular complexity index is 1780. The number of nitrogen functional groups attached to an aromatic ring is 1. The molecule has 3 aromatic carbocycles.